The van der Waals surface area contributed by atoms with Crippen LogP contribution in [-0.2, 0) is 10.0 Å². The predicted octanol–water partition coefficient (Wildman–Crippen LogP) is 5.15. The highest BCUT2D eigenvalue weighted by Crippen LogP contribution is 2.35. The van der Waals surface area contributed by atoms with E-state index in [2.05, 4.69) is 15.2 Å². The Hall–Kier alpha value is -4.63. The number of ether oxygens (including phenoxy) is 2. The summed E-state index contributed by atoms with van der Waals surface area (Å²) in [5, 5.41) is 4.41. The molecule has 5 rings (SSSR count). The summed E-state index contributed by atoms with van der Waals surface area (Å²) in [6, 6.07) is 29.8. The molecule has 38 heavy (non-hydrogen) atoms. The fourth-order valence-electron chi connectivity index (χ4n) is 4.17. The van der Waals surface area contributed by atoms with Gasteiger partial charge in [-0.1, -0.05) is 60.7 Å². The minimum absolute atomic E-state index is 0.0655. The van der Waals surface area contributed by atoms with Crippen molar-refractivity contribution in [3.05, 3.63) is 120 Å². The molecule has 1 amide bonds. The van der Waals surface area contributed by atoms with E-state index in [1.807, 2.05) is 54.6 Å². The fraction of sp³-hybridized carbons (Fsp3) is 0.103. The van der Waals surface area contributed by atoms with Gasteiger partial charge in [-0.25, -0.2) is 13.8 Å². The van der Waals surface area contributed by atoms with Crippen LogP contribution >= 0.6 is 0 Å². The zero-order valence-corrected chi connectivity index (χ0v) is 21.3. The van der Waals surface area contributed by atoms with Crippen molar-refractivity contribution in [2.75, 3.05) is 11.8 Å². The molecule has 1 aliphatic heterocycles. The highest BCUT2D eigenvalue weighted by Gasteiger charge is 2.26. The van der Waals surface area contributed by atoms with Crippen molar-refractivity contribution >= 4 is 27.3 Å². The Bertz CT molecular complexity index is 1600. The molecular formula is C29H25N3O5S. The number of anilines is 1. The smallest absolute Gasteiger partial charge is 0.271 e. The number of carbonyl (C=O) groups excluding carboxylic acids is 1. The van der Waals surface area contributed by atoms with Crippen LogP contribution in [-0.4, -0.2) is 27.1 Å². The van der Waals surface area contributed by atoms with E-state index >= 15 is 0 Å². The second kappa shape index (κ2) is 10.8. The number of fused-ring (bicyclic) bond motifs is 1. The number of nitrogens with one attached hydrogen (secondary N) is 2. The zero-order valence-electron chi connectivity index (χ0n) is 20.5. The van der Waals surface area contributed by atoms with Crippen molar-refractivity contribution in [2.45, 2.75) is 17.4 Å². The van der Waals surface area contributed by atoms with Crippen LogP contribution in [0.4, 0.5) is 5.69 Å². The molecule has 1 heterocycles. The molecule has 8 nitrogen and oxygen atoms in total. The number of para-hydroxylation sites is 3. The summed E-state index contributed by atoms with van der Waals surface area (Å²) < 4.78 is 40.0. The molecule has 0 radical (unpaired) electrons. The maximum atomic E-state index is 13.0. The molecule has 0 aliphatic carbocycles. The molecule has 192 valence electrons. The molecule has 0 saturated heterocycles. The number of nitrogens with zero attached hydrogens (tertiary/aromatic N) is 1. The molecule has 0 fully saturated rings. The van der Waals surface area contributed by atoms with Gasteiger partial charge in [0.1, 0.15) is 17.6 Å². The number of rotatable bonds is 7. The Balaban J connectivity index is 1.37. The Morgan fingerprint density at radius 3 is 2.47 bits per heavy atom. The first-order chi connectivity index (χ1) is 18.4. The zero-order chi connectivity index (χ0) is 26.5. The van der Waals surface area contributed by atoms with Gasteiger partial charge in [-0.3, -0.25) is 9.52 Å². The quantitative estimate of drug-likeness (QED) is 0.323. The van der Waals surface area contributed by atoms with E-state index in [1.165, 1.54) is 31.4 Å². The van der Waals surface area contributed by atoms with Crippen molar-refractivity contribution < 1.29 is 22.7 Å². The number of hydrogen-bond acceptors (Lipinski definition) is 6. The average molecular weight is 528 g/mol. The van der Waals surface area contributed by atoms with Gasteiger partial charge in [0.05, 0.1) is 23.4 Å². The standard InChI is InChI=1S/C29H25N3O5S/c1-36-27-17-8-6-15-24(27)32-38(34,35)22-13-9-12-21(18-22)29(33)31-30-25-19-28(20-10-3-2-4-11-20)37-26-16-7-5-14-23(25)26/h2-18,28,32H,19H2,1H3,(H,31,33)/b30-25+. The van der Waals surface area contributed by atoms with Gasteiger partial charge < -0.3 is 9.47 Å². The molecule has 2 N–H and O–H groups in total. The van der Waals surface area contributed by atoms with Crippen LogP contribution in [0.5, 0.6) is 11.5 Å². The average Bonchev–Trinajstić information content (AvgIpc) is 2.96. The third kappa shape index (κ3) is 5.37. The van der Waals surface area contributed by atoms with Crippen LogP contribution < -0.4 is 19.6 Å². The van der Waals surface area contributed by atoms with E-state index in [1.54, 1.807) is 24.3 Å². The molecule has 1 atom stereocenters. The summed E-state index contributed by atoms with van der Waals surface area (Å²) in [7, 11) is -2.52. The van der Waals surface area contributed by atoms with E-state index in [0.717, 1.165) is 11.1 Å². The van der Waals surface area contributed by atoms with Crippen molar-refractivity contribution in [1.29, 1.82) is 0 Å². The van der Waals surface area contributed by atoms with Crippen LogP contribution in [0.25, 0.3) is 0 Å². The minimum atomic E-state index is -3.98. The van der Waals surface area contributed by atoms with Gasteiger partial charge in [0.2, 0.25) is 0 Å². The fourth-order valence-corrected chi connectivity index (χ4v) is 5.28. The van der Waals surface area contributed by atoms with Gasteiger partial charge in [0, 0.05) is 17.5 Å². The summed E-state index contributed by atoms with van der Waals surface area (Å²) in [5.41, 5.74) is 5.48. The number of hydrogen-bond donors (Lipinski definition) is 2. The molecule has 4 aromatic carbocycles. The molecule has 0 spiro atoms. The van der Waals surface area contributed by atoms with Crippen molar-refractivity contribution in [2.24, 2.45) is 5.10 Å². The van der Waals surface area contributed by atoms with Crippen LogP contribution in [0, 0.1) is 0 Å². The van der Waals surface area contributed by atoms with Crippen LogP contribution in [0.15, 0.2) is 113 Å². The van der Waals surface area contributed by atoms with E-state index in [-0.39, 0.29) is 16.6 Å². The van der Waals surface area contributed by atoms with E-state index in [9.17, 15) is 13.2 Å². The highest BCUT2D eigenvalue weighted by atomic mass is 32.2. The second-order valence-electron chi connectivity index (χ2n) is 8.55. The largest absolute Gasteiger partial charge is 0.495 e. The number of amides is 1. The van der Waals surface area contributed by atoms with Gasteiger partial charge in [0.15, 0.2) is 0 Å². The van der Waals surface area contributed by atoms with Gasteiger partial charge in [0.25, 0.3) is 15.9 Å². The Labute approximate surface area is 221 Å². The molecule has 9 heteroatoms. The molecule has 0 saturated carbocycles. The lowest BCUT2D eigenvalue weighted by molar-refractivity contribution is 0.0954. The number of methoxy groups -OCH3 is 1. The first-order valence-corrected chi connectivity index (χ1v) is 13.4. The van der Waals surface area contributed by atoms with Crippen LogP contribution in [0.3, 0.4) is 0 Å². The van der Waals surface area contributed by atoms with Gasteiger partial charge in [-0.05, 0) is 48.0 Å². The monoisotopic (exact) mass is 527 g/mol. The number of sulfonamides is 1. The van der Waals surface area contributed by atoms with Crippen molar-refractivity contribution in [1.82, 2.24) is 5.43 Å². The third-order valence-corrected chi connectivity index (χ3v) is 7.43. The molecular weight excluding hydrogens is 502 g/mol. The normalized spacial score (nSPS) is 15.7. The van der Waals surface area contributed by atoms with Gasteiger partial charge in [-0.15, -0.1) is 0 Å². The van der Waals surface area contributed by atoms with Crippen LogP contribution in [0.1, 0.15) is 34.0 Å². The van der Waals surface area contributed by atoms with Gasteiger partial charge in [-0.2, -0.15) is 5.10 Å². The topological polar surface area (TPSA) is 106 Å². The Morgan fingerprint density at radius 2 is 1.66 bits per heavy atom. The van der Waals surface area contributed by atoms with Crippen LogP contribution in [0.2, 0.25) is 0 Å². The number of benzene rings is 4. The molecule has 1 aliphatic rings. The van der Waals surface area contributed by atoms with Crippen molar-refractivity contribution in [3.8, 4) is 11.5 Å². The third-order valence-electron chi connectivity index (χ3n) is 6.07. The SMILES string of the molecule is COc1ccccc1NS(=O)(=O)c1cccc(C(=O)N/N=C2\CC(c3ccccc3)Oc3ccccc32)c1. The summed E-state index contributed by atoms with van der Waals surface area (Å²) in [4.78, 5) is 12.9. The molecule has 4 aromatic rings. The lowest BCUT2D eigenvalue weighted by Gasteiger charge is -2.27. The van der Waals surface area contributed by atoms with E-state index < -0.39 is 15.9 Å². The molecule has 0 aromatic heterocycles. The molecule has 0 bridgehead atoms. The van der Waals surface area contributed by atoms with E-state index in [4.69, 9.17) is 9.47 Å². The summed E-state index contributed by atoms with van der Waals surface area (Å²) in [6.45, 7) is 0. The predicted molar refractivity (Wildman–Crippen MR) is 145 cm³/mol. The maximum Gasteiger partial charge on any atom is 0.271 e. The first kappa shape index (κ1) is 25.0. The van der Waals surface area contributed by atoms with Gasteiger partial charge >= 0.3 is 0 Å². The first-order valence-electron chi connectivity index (χ1n) is 11.9. The van der Waals surface area contributed by atoms with Crippen molar-refractivity contribution in [3.63, 3.8) is 0 Å². The molecule has 1 unspecified atom stereocenters. The van der Waals surface area contributed by atoms with E-state index in [0.29, 0.717) is 29.3 Å². The summed E-state index contributed by atoms with van der Waals surface area (Å²) in [5.74, 6) is 0.523. The number of hydrazone groups is 1. The lowest BCUT2D eigenvalue weighted by Crippen LogP contribution is -2.25. The highest BCUT2D eigenvalue weighted by molar-refractivity contribution is 7.92. The summed E-state index contributed by atoms with van der Waals surface area (Å²) >= 11 is 0. The maximum absolute atomic E-state index is 13.0. The number of carbonyl (C=O) groups is 1. The second-order valence-corrected chi connectivity index (χ2v) is 10.2. The Morgan fingerprint density at radius 1 is 0.921 bits per heavy atom. The lowest BCUT2D eigenvalue weighted by atomic mass is 9.96. The minimum Gasteiger partial charge on any atom is -0.495 e. The Kier molecular flexibility index (Phi) is 7.10. The summed E-state index contributed by atoms with van der Waals surface area (Å²) in [6.07, 6.45) is 0.203.